The number of rotatable bonds is 3. The molecule has 2 aliphatic carbocycles. The minimum atomic E-state index is -4.04. The molecule has 0 radical (unpaired) electrons. The summed E-state index contributed by atoms with van der Waals surface area (Å²) in [5, 5.41) is 22.5. The zero-order valence-corrected chi connectivity index (χ0v) is 16.9. The van der Waals surface area contributed by atoms with Crippen LogP contribution in [0, 0.1) is 6.92 Å². The molecule has 0 aliphatic heterocycles. The van der Waals surface area contributed by atoms with Gasteiger partial charge in [-0.15, -0.1) is 0 Å². The van der Waals surface area contributed by atoms with E-state index in [1.165, 1.54) is 0 Å². The maximum Gasteiger partial charge on any atom is 0.211 e. The molecule has 5 heteroatoms. The first-order valence-corrected chi connectivity index (χ1v) is 11.4. The lowest BCUT2D eigenvalue weighted by atomic mass is 9.87. The van der Waals surface area contributed by atoms with Gasteiger partial charge in [0.15, 0.2) is 0 Å². The van der Waals surface area contributed by atoms with E-state index in [4.69, 9.17) is 0 Å². The molecule has 1 saturated carbocycles. The largest absolute Gasteiger partial charge is 0.507 e. The molecule has 2 bridgehead atoms. The summed E-state index contributed by atoms with van der Waals surface area (Å²) in [6.07, 6.45) is 2.74. The zero-order chi connectivity index (χ0) is 20.3. The van der Waals surface area contributed by atoms with Crippen LogP contribution in [0.25, 0.3) is 11.1 Å². The van der Waals surface area contributed by atoms with Gasteiger partial charge in [-0.2, -0.15) is 0 Å². The number of sulfone groups is 1. The monoisotopic (exact) mass is 406 g/mol. The number of phenols is 2. The van der Waals surface area contributed by atoms with Gasteiger partial charge in [0.2, 0.25) is 9.84 Å². The van der Waals surface area contributed by atoms with Gasteiger partial charge in [0.25, 0.3) is 0 Å². The molecule has 3 aromatic rings. The molecule has 1 fully saturated rings. The summed E-state index contributed by atoms with van der Waals surface area (Å²) < 4.78 is 27.3. The Hall–Kier alpha value is -2.79. The first-order valence-electron chi connectivity index (χ1n) is 9.88. The van der Waals surface area contributed by atoms with Crippen molar-refractivity contribution in [2.45, 2.75) is 47.8 Å². The van der Waals surface area contributed by atoms with Crippen molar-refractivity contribution >= 4 is 9.84 Å². The fourth-order valence-electron chi connectivity index (χ4n) is 5.04. The third-order valence-electron chi connectivity index (χ3n) is 6.39. The standard InChI is InChI=1S/C24H22O4S/c1-14-7-11-18(12-8-14)29(27,28)24-21(15-5-3-2-4-6-15)22(25)19-16-9-10-17(13-16)20(19)23(24)26/h2-8,11-12,16-17,25-26H,9-10,13H2,1H3. The van der Waals surface area contributed by atoms with E-state index in [9.17, 15) is 18.6 Å². The summed E-state index contributed by atoms with van der Waals surface area (Å²) in [4.78, 5) is -0.0746. The highest BCUT2D eigenvalue weighted by molar-refractivity contribution is 7.91. The molecule has 2 N–H and O–H groups in total. The molecular formula is C24H22O4S. The van der Waals surface area contributed by atoms with E-state index >= 15 is 0 Å². The number of aryl methyl sites for hydroxylation is 1. The molecule has 148 valence electrons. The van der Waals surface area contributed by atoms with Crippen LogP contribution in [0.15, 0.2) is 64.4 Å². The van der Waals surface area contributed by atoms with E-state index in [-0.39, 0.29) is 38.7 Å². The van der Waals surface area contributed by atoms with Gasteiger partial charge in [-0.05, 0) is 55.7 Å². The summed E-state index contributed by atoms with van der Waals surface area (Å²) in [6.45, 7) is 1.89. The van der Waals surface area contributed by atoms with E-state index < -0.39 is 9.84 Å². The lowest BCUT2D eigenvalue weighted by Crippen LogP contribution is -2.09. The van der Waals surface area contributed by atoms with E-state index in [1.807, 2.05) is 13.0 Å². The average Bonchev–Trinajstić information content (AvgIpc) is 3.33. The van der Waals surface area contributed by atoms with Crippen LogP contribution in [-0.2, 0) is 9.84 Å². The highest BCUT2D eigenvalue weighted by Gasteiger charge is 2.45. The SMILES string of the molecule is Cc1ccc(S(=O)(=O)c2c(O)c3c(c(O)c2-c2ccccc2)C2CCC3C2)cc1. The van der Waals surface area contributed by atoms with E-state index in [2.05, 4.69) is 0 Å². The number of hydrogen-bond acceptors (Lipinski definition) is 4. The molecular weight excluding hydrogens is 384 g/mol. The van der Waals surface area contributed by atoms with Crippen molar-refractivity contribution in [2.24, 2.45) is 0 Å². The first-order chi connectivity index (χ1) is 13.9. The Morgan fingerprint density at radius 1 is 0.828 bits per heavy atom. The molecule has 0 saturated heterocycles. The second-order valence-corrected chi connectivity index (χ2v) is 10.0. The van der Waals surface area contributed by atoms with Crippen molar-refractivity contribution in [1.29, 1.82) is 0 Å². The summed E-state index contributed by atoms with van der Waals surface area (Å²) in [5.74, 6) is 0.100. The van der Waals surface area contributed by atoms with Gasteiger partial charge in [-0.25, -0.2) is 8.42 Å². The minimum absolute atomic E-state index is 0.00175. The summed E-state index contributed by atoms with van der Waals surface area (Å²) in [6, 6.07) is 15.5. The predicted molar refractivity (Wildman–Crippen MR) is 111 cm³/mol. The van der Waals surface area contributed by atoms with Gasteiger partial charge in [-0.3, -0.25) is 0 Å². The van der Waals surface area contributed by atoms with Gasteiger partial charge < -0.3 is 10.2 Å². The van der Waals surface area contributed by atoms with Crippen LogP contribution in [0.5, 0.6) is 11.5 Å². The van der Waals surface area contributed by atoms with Gasteiger partial charge in [0, 0.05) is 16.7 Å². The minimum Gasteiger partial charge on any atom is -0.507 e. The van der Waals surface area contributed by atoms with E-state index in [1.54, 1.807) is 48.5 Å². The lowest BCUT2D eigenvalue weighted by molar-refractivity contribution is 0.430. The Kier molecular flexibility index (Phi) is 4.00. The number of aromatic hydroxyl groups is 2. The maximum absolute atomic E-state index is 13.6. The topological polar surface area (TPSA) is 74.6 Å². The molecule has 29 heavy (non-hydrogen) atoms. The van der Waals surface area contributed by atoms with Gasteiger partial charge >= 0.3 is 0 Å². The Morgan fingerprint density at radius 2 is 1.41 bits per heavy atom. The van der Waals surface area contributed by atoms with Crippen LogP contribution in [0.1, 0.15) is 47.8 Å². The molecule has 4 nitrogen and oxygen atoms in total. The molecule has 2 unspecified atom stereocenters. The van der Waals surface area contributed by atoms with E-state index in [0.717, 1.165) is 30.4 Å². The van der Waals surface area contributed by atoms with Crippen LogP contribution < -0.4 is 0 Å². The second-order valence-electron chi connectivity index (χ2n) is 8.12. The fourth-order valence-corrected chi connectivity index (χ4v) is 6.62. The number of benzene rings is 3. The quantitative estimate of drug-likeness (QED) is 0.581. The van der Waals surface area contributed by atoms with Crippen molar-refractivity contribution in [3.05, 3.63) is 71.3 Å². The van der Waals surface area contributed by atoms with Crippen molar-refractivity contribution in [3.63, 3.8) is 0 Å². The normalized spacial score (nSPS) is 20.0. The molecule has 5 rings (SSSR count). The van der Waals surface area contributed by atoms with Crippen LogP contribution >= 0.6 is 0 Å². The van der Waals surface area contributed by atoms with Gasteiger partial charge in [0.1, 0.15) is 16.4 Å². The molecule has 0 spiro atoms. The van der Waals surface area contributed by atoms with Crippen LogP contribution in [0.2, 0.25) is 0 Å². The Labute approximate surface area is 170 Å². The average molecular weight is 407 g/mol. The smallest absolute Gasteiger partial charge is 0.211 e. The summed E-state index contributed by atoms with van der Waals surface area (Å²) >= 11 is 0. The van der Waals surface area contributed by atoms with Crippen LogP contribution in [0.4, 0.5) is 0 Å². The first kappa shape index (κ1) is 18.3. The maximum atomic E-state index is 13.6. The van der Waals surface area contributed by atoms with Gasteiger partial charge in [-0.1, -0.05) is 48.0 Å². The van der Waals surface area contributed by atoms with E-state index in [0.29, 0.717) is 11.1 Å². The van der Waals surface area contributed by atoms with Crippen molar-refractivity contribution in [1.82, 2.24) is 0 Å². The highest BCUT2D eigenvalue weighted by Crippen LogP contribution is 2.62. The number of phenolic OH excluding ortho intramolecular Hbond substituents is 2. The Bertz CT molecular complexity index is 1210. The Balaban J connectivity index is 1.87. The molecule has 0 aromatic heterocycles. The lowest BCUT2D eigenvalue weighted by Gasteiger charge is -2.24. The molecule has 0 heterocycles. The van der Waals surface area contributed by atoms with Crippen molar-refractivity contribution in [2.75, 3.05) is 0 Å². The summed E-state index contributed by atoms with van der Waals surface area (Å²) in [7, 11) is -4.04. The van der Waals surface area contributed by atoms with Crippen LogP contribution in [0.3, 0.4) is 0 Å². The zero-order valence-electron chi connectivity index (χ0n) is 16.1. The molecule has 0 amide bonds. The number of fused-ring (bicyclic) bond motifs is 5. The van der Waals surface area contributed by atoms with Crippen molar-refractivity contribution in [3.8, 4) is 22.6 Å². The second kappa shape index (κ2) is 6.36. The Morgan fingerprint density at radius 3 is 2.03 bits per heavy atom. The molecule has 2 aliphatic rings. The third kappa shape index (κ3) is 2.60. The van der Waals surface area contributed by atoms with Crippen LogP contribution in [-0.4, -0.2) is 18.6 Å². The predicted octanol–water partition coefficient (Wildman–Crippen LogP) is 5.27. The van der Waals surface area contributed by atoms with Crippen molar-refractivity contribution < 1.29 is 18.6 Å². The van der Waals surface area contributed by atoms with Gasteiger partial charge in [0.05, 0.1) is 4.90 Å². The third-order valence-corrected chi connectivity index (χ3v) is 8.22. The highest BCUT2D eigenvalue weighted by atomic mass is 32.2. The fraction of sp³-hybridized carbons (Fsp3) is 0.250. The summed E-state index contributed by atoms with van der Waals surface area (Å²) in [5.41, 5.74) is 3.10. The molecule has 3 aromatic carbocycles. The number of hydrogen-bond donors (Lipinski definition) is 2. The molecule has 2 atom stereocenters.